The van der Waals surface area contributed by atoms with Gasteiger partial charge in [0.05, 0.1) is 24.6 Å². The van der Waals surface area contributed by atoms with E-state index in [-0.39, 0.29) is 17.9 Å². The van der Waals surface area contributed by atoms with Crippen LogP contribution in [-0.4, -0.2) is 29.5 Å². The van der Waals surface area contributed by atoms with Crippen molar-refractivity contribution < 1.29 is 9.53 Å². The van der Waals surface area contributed by atoms with Gasteiger partial charge in [-0.1, -0.05) is 39.0 Å². The van der Waals surface area contributed by atoms with E-state index in [2.05, 4.69) is 27.5 Å². The molecular formula is C28H38N4O3. The predicted molar refractivity (Wildman–Crippen MR) is 142 cm³/mol. The number of aromatic nitrogens is 2. The van der Waals surface area contributed by atoms with Crippen LogP contribution in [0.2, 0.25) is 0 Å². The molecule has 3 aromatic rings. The van der Waals surface area contributed by atoms with E-state index in [1.807, 2.05) is 32.9 Å². The number of aryl methyl sites for hydroxylation is 1. The lowest BCUT2D eigenvalue weighted by atomic mass is 9.91. The first kappa shape index (κ1) is 26.3. The Hall–Kier alpha value is -3.35. The number of H-pyrrole nitrogens is 1. The number of methoxy groups -OCH3 is 1. The van der Waals surface area contributed by atoms with Crippen molar-refractivity contribution in [2.75, 3.05) is 19.0 Å². The smallest absolute Gasteiger partial charge is 0.251 e. The third-order valence-corrected chi connectivity index (χ3v) is 6.52. The van der Waals surface area contributed by atoms with E-state index in [0.717, 1.165) is 29.3 Å². The van der Waals surface area contributed by atoms with Gasteiger partial charge in [0.2, 0.25) is 5.88 Å². The van der Waals surface area contributed by atoms with Gasteiger partial charge < -0.3 is 20.4 Å². The summed E-state index contributed by atoms with van der Waals surface area (Å²) in [4.78, 5) is 32.8. The lowest BCUT2D eigenvalue weighted by Crippen LogP contribution is -2.28. The van der Waals surface area contributed by atoms with Gasteiger partial charge in [-0.3, -0.25) is 9.59 Å². The third kappa shape index (κ3) is 6.62. The van der Waals surface area contributed by atoms with Crippen molar-refractivity contribution >= 4 is 22.6 Å². The quantitative estimate of drug-likeness (QED) is 0.435. The fraction of sp³-hybridized carbons (Fsp3) is 0.464. The predicted octanol–water partition coefficient (Wildman–Crippen LogP) is 5.50. The zero-order chi connectivity index (χ0) is 25.4. The number of ether oxygens (including phenoxy) is 1. The molecule has 1 aliphatic carbocycles. The molecule has 35 heavy (non-hydrogen) atoms. The van der Waals surface area contributed by atoms with Crippen molar-refractivity contribution in [1.29, 1.82) is 0 Å². The van der Waals surface area contributed by atoms with Crippen molar-refractivity contribution in [1.82, 2.24) is 15.3 Å². The summed E-state index contributed by atoms with van der Waals surface area (Å²) in [5.74, 6) is 1.09. The number of nitrogens with one attached hydrogen (secondary N) is 3. The van der Waals surface area contributed by atoms with E-state index in [1.54, 1.807) is 18.3 Å². The second-order valence-corrected chi connectivity index (χ2v) is 9.31. The Morgan fingerprint density at radius 2 is 1.94 bits per heavy atom. The summed E-state index contributed by atoms with van der Waals surface area (Å²) in [6, 6.07) is 7.25. The molecule has 188 valence electrons. The molecule has 0 unspecified atom stereocenters. The van der Waals surface area contributed by atoms with Crippen LogP contribution in [0.5, 0.6) is 5.88 Å². The maximum absolute atomic E-state index is 12.8. The van der Waals surface area contributed by atoms with E-state index in [4.69, 9.17) is 4.74 Å². The Bertz CT molecular complexity index is 1210. The van der Waals surface area contributed by atoms with E-state index in [0.29, 0.717) is 28.0 Å². The lowest BCUT2D eigenvalue weighted by molar-refractivity contribution is 0.0950. The van der Waals surface area contributed by atoms with Crippen molar-refractivity contribution in [3.8, 4) is 5.88 Å². The fourth-order valence-electron chi connectivity index (χ4n) is 4.51. The van der Waals surface area contributed by atoms with Crippen LogP contribution >= 0.6 is 0 Å². The van der Waals surface area contributed by atoms with Crippen LogP contribution in [0.25, 0.3) is 11.0 Å². The summed E-state index contributed by atoms with van der Waals surface area (Å²) < 4.78 is 5.31. The van der Waals surface area contributed by atoms with Gasteiger partial charge in [0.25, 0.3) is 5.91 Å². The molecule has 4 rings (SSSR count). The Labute approximate surface area is 207 Å². The molecule has 0 atom stereocenters. The minimum atomic E-state index is -0.243. The zero-order valence-corrected chi connectivity index (χ0v) is 21.6. The van der Waals surface area contributed by atoms with Crippen molar-refractivity contribution in [2.24, 2.45) is 5.92 Å². The normalized spacial score (nSPS) is 13.6. The summed E-state index contributed by atoms with van der Waals surface area (Å²) in [6.07, 6.45) is 9.04. The number of nitrogens with zero attached hydrogens (tertiary/aromatic N) is 1. The zero-order valence-electron chi connectivity index (χ0n) is 21.6. The standard InChI is InChI=1S/C21H24N4O3.C7H14/c1-5-22-17-10-12(2)9-15(13(17)3)20(27)24-11-16-18(26)14-7-6-8-23-19(14)25-21(16)28-4;1-7-5-3-2-4-6-7/h6-10,22H,5,11H2,1-4H3,(H,24,27)(H,23,25,26);7H,2-6H2,1H3. The largest absolute Gasteiger partial charge is 0.482 e. The molecule has 0 radical (unpaired) electrons. The molecule has 1 aromatic carbocycles. The Balaban J connectivity index is 0.000000420. The Morgan fingerprint density at radius 1 is 1.20 bits per heavy atom. The molecule has 7 heteroatoms. The third-order valence-electron chi connectivity index (χ3n) is 6.52. The maximum Gasteiger partial charge on any atom is 0.251 e. The molecule has 0 spiro atoms. The number of pyridine rings is 2. The number of amides is 1. The number of anilines is 1. The van der Waals surface area contributed by atoms with E-state index < -0.39 is 0 Å². The van der Waals surface area contributed by atoms with E-state index in [9.17, 15) is 9.59 Å². The molecule has 1 saturated carbocycles. The van der Waals surface area contributed by atoms with Crippen LogP contribution < -0.4 is 20.8 Å². The summed E-state index contributed by atoms with van der Waals surface area (Å²) in [7, 11) is 1.47. The highest BCUT2D eigenvalue weighted by Crippen LogP contribution is 2.23. The highest BCUT2D eigenvalue weighted by Gasteiger charge is 2.17. The molecular weight excluding hydrogens is 440 g/mol. The number of carbonyl (C=O) groups is 1. The van der Waals surface area contributed by atoms with Crippen molar-refractivity contribution in [3.05, 3.63) is 62.9 Å². The van der Waals surface area contributed by atoms with Crippen LogP contribution in [0.3, 0.4) is 0 Å². The highest BCUT2D eigenvalue weighted by atomic mass is 16.5. The molecule has 0 saturated heterocycles. The van der Waals surface area contributed by atoms with Crippen molar-refractivity contribution in [2.45, 2.75) is 66.3 Å². The van der Waals surface area contributed by atoms with Crippen LogP contribution in [0.1, 0.15) is 73.0 Å². The van der Waals surface area contributed by atoms with E-state index >= 15 is 0 Å². The van der Waals surface area contributed by atoms with E-state index in [1.165, 1.54) is 39.2 Å². The van der Waals surface area contributed by atoms with Crippen LogP contribution in [0.15, 0.2) is 35.3 Å². The van der Waals surface area contributed by atoms with Gasteiger partial charge in [-0.15, -0.1) is 0 Å². The SMILES string of the molecule is CC1CCCCC1.CCNc1cc(C)cc(C(=O)NCc2c(OC)[nH]c3ncccc3c2=O)c1C. The van der Waals surface area contributed by atoms with Crippen molar-refractivity contribution in [3.63, 3.8) is 0 Å². The maximum atomic E-state index is 12.8. The molecule has 0 aliphatic heterocycles. The summed E-state index contributed by atoms with van der Waals surface area (Å²) in [5, 5.41) is 6.57. The number of carbonyl (C=O) groups excluding carboxylic acids is 1. The molecule has 2 heterocycles. The van der Waals surface area contributed by atoms with Crippen LogP contribution in [0.4, 0.5) is 5.69 Å². The first-order valence-electron chi connectivity index (χ1n) is 12.5. The number of hydrogen-bond acceptors (Lipinski definition) is 5. The number of benzene rings is 1. The molecule has 2 aromatic heterocycles. The summed E-state index contributed by atoms with van der Waals surface area (Å²) >= 11 is 0. The van der Waals surface area contributed by atoms with Gasteiger partial charge in [0.1, 0.15) is 5.65 Å². The molecule has 7 nitrogen and oxygen atoms in total. The van der Waals surface area contributed by atoms with Gasteiger partial charge in [-0.2, -0.15) is 0 Å². The minimum Gasteiger partial charge on any atom is -0.482 e. The second-order valence-electron chi connectivity index (χ2n) is 9.31. The van der Waals surface area contributed by atoms with Crippen LogP contribution in [-0.2, 0) is 6.54 Å². The summed E-state index contributed by atoms with van der Waals surface area (Å²) in [6.45, 7) is 9.03. The minimum absolute atomic E-state index is 0.0477. The molecule has 1 amide bonds. The number of fused-ring (bicyclic) bond motifs is 1. The van der Waals surface area contributed by atoms with Crippen LogP contribution in [0, 0.1) is 19.8 Å². The highest BCUT2D eigenvalue weighted by molar-refractivity contribution is 5.97. The first-order valence-corrected chi connectivity index (χ1v) is 12.5. The van der Waals surface area contributed by atoms with Gasteiger partial charge in [-0.05, 0) is 62.1 Å². The monoisotopic (exact) mass is 478 g/mol. The second kappa shape index (κ2) is 12.4. The lowest BCUT2D eigenvalue weighted by Gasteiger charge is -2.15. The van der Waals surface area contributed by atoms with Gasteiger partial charge >= 0.3 is 0 Å². The Morgan fingerprint density at radius 3 is 2.57 bits per heavy atom. The number of rotatable bonds is 6. The Kier molecular flexibility index (Phi) is 9.29. The average molecular weight is 479 g/mol. The topological polar surface area (TPSA) is 96.1 Å². The number of hydrogen-bond donors (Lipinski definition) is 3. The first-order chi connectivity index (χ1) is 16.8. The molecule has 3 N–H and O–H groups in total. The molecule has 1 aliphatic rings. The molecule has 1 fully saturated rings. The average Bonchev–Trinajstić information content (AvgIpc) is 2.86. The number of aromatic amines is 1. The summed E-state index contributed by atoms with van der Waals surface area (Å²) in [5.41, 5.74) is 3.95. The van der Waals surface area contributed by atoms with Gasteiger partial charge in [0.15, 0.2) is 5.43 Å². The molecule has 0 bridgehead atoms. The fourth-order valence-corrected chi connectivity index (χ4v) is 4.51. The van der Waals surface area contributed by atoms with Gasteiger partial charge in [0, 0.05) is 24.0 Å². The van der Waals surface area contributed by atoms with Gasteiger partial charge in [-0.25, -0.2) is 4.98 Å².